The maximum Gasteiger partial charge on any atom is 0.143 e. The second-order valence-corrected chi connectivity index (χ2v) is 18.5. The molecule has 14 rings (SSSR count). The second kappa shape index (κ2) is 15.7. The highest BCUT2D eigenvalue weighted by Crippen LogP contribution is 2.58. The average molecular weight is 893 g/mol. The second-order valence-electron chi connectivity index (χ2n) is 18.5. The van der Waals surface area contributed by atoms with Gasteiger partial charge in [-0.3, -0.25) is 0 Å². The number of hydrogen-bond donors (Lipinski definition) is 1. The maximum atomic E-state index is 7.04. The minimum absolute atomic E-state index is 0.598. The lowest BCUT2D eigenvalue weighted by molar-refractivity contribution is 0.673. The van der Waals surface area contributed by atoms with Crippen molar-refractivity contribution in [3.63, 3.8) is 0 Å². The summed E-state index contributed by atoms with van der Waals surface area (Å²) in [5.41, 5.74) is 21.9. The largest absolute Gasteiger partial charge is 0.455 e. The molecule has 2 aliphatic rings. The molecule has 0 atom stereocenters. The van der Waals surface area contributed by atoms with Crippen LogP contribution in [0.25, 0.3) is 83.3 Å². The Kier molecular flexibility index (Phi) is 8.96. The third-order valence-electron chi connectivity index (χ3n) is 14.8. The van der Waals surface area contributed by atoms with Gasteiger partial charge in [-0.1, -0.05) is 183 Å². The molecule has 0 saturated heterocycles. The van der Waals surface area contributed by atoms with Crippen LogP contribution in [0.1, 0.15) is 27.8 Å². The quantitative estimate of drug-likeness (QED) is 0.165. The van der Waals surface area contributed by atoms with E-state index in [2.05, 4.69) is 259 Å². The smallest absolute Gasteiger partial charge is 0.143 e. The van der Waals surface area contributed by atoms with Crippen molar-refractivity contribution in [1.82, 2.24) is 0 Å². The fourth-order valence-electron chi connectivity index (χ4n) is 11.7. The van der Waals surface area contributed by atoms with E-state index in [1.807, 2.05) is 6.08 Å². The normalized spacial score (nSPS) is 12.9. The number of furan rings is 1. The zero-order valence-electron chi connectivity index (χ0n) is 38.2. The van der Waals surface area contributed by atoms with Crippen LogP contribution in [0.3, 0.4) is 0 Å². The molecule has 3 nitrogen and oxygen atoms in total. The number of fused-ring (bicyclic) bond motifs is 9. The summed E-state index contributed by atoms with van der Waals surface area (Å²) in [5.74, 6) is 0. The van der Waals surface area contributed by atoms with Crippen molar-refractivity contribution in [1.29, 1.82) is 0 Å². The van der Waals surface area contributed by atoms with Crippen molar-refractivity contribution >= 4 is 67.2 Å². The molecular formula is C67H44N2O. The highest BCUT2D eigenvalue weighted by molar-refractivity contribution is 6.24. The van der Waals surface area contributed by atoms with Gasteiger partial charge in [-0.2, -0.15) is 0 Å². The summed E-state index contributed by atoms with van der Waals surface area (Å²) in [6.45, 7) is 4.21. The van der Waals surface area contributed by atoms with E-state index in [1.54, 1.807) is 0 Å². The van der Waals surface area contributed by atoms with E-state index < -0.39 is 5.41 Å². The van der Waals surface area contributed by atoms with Crippen LogP contribution in [0.2, 0.25) is 0 Å². The van der Waals surface area contributed by atoms with Crippen molar-refractivity contribution in [2.24, 2.45) is 0 Å². The van der Waals surface area contributed by atoms with Gasteiger partial charge in [0.2, 0.25) is 0 Å². The van der Waals surface area contributed by atoms with E-state index in [0.717, 1.165) is 83.6 Å². The summed E-state index contributed by atoms with van der Waals surface area (Å²) >= 11 is 0. The number of benzene rings is 11. The zero-order chi connectivity index (χ0) is 46.3. The van der Waals surface area contributed by atoms with E-state index in [0.29, 0.717) is 0 Å². The Morgan fingerprint density at radius 1 is 0.414 bits per heavy atom. The van der Waals surface area contributed by atoms with Gasteiger partial charge in [0, 0.05) is 55.4 Å². The van der Waals surface area contributed by atoms with Gasteiger partial charge in [0.05, 0.1) is 11.1 Å². The number of anilines is 5. The van der Waals surface area contributed by atoms with Gasteiger partial charge < -0.3 is 14.6 Å². The molecule has 328 valence electrons. The van der Waals surface area contributed by atoms with E-state index in [1.165, 1.54) is 49.9 Å². The van der Waals surface area contributed by atoms with Gasteiger partial charge in [-0.15, -0.1) is 0 Å². The van der Waals surface area contributed by atoms with E-state index in [9.17, 15) is 0 Å². The van der Waals surface area contributed by atoms with Crippen LogP contribution >= 0.6 is 0 Å². The molecule has 0 radical (unpaired) electrons. The molecule has 12 aromatic rings. The highest BCUT2D eigenvalue weighted by Gasteiger charge is 2.46. The first-order valence-electron chi connectivity index (χ1n) is 24.0. The summed E-state index contributed by atoms with van der Waals surface area (Å²) in [7, 11) is 0. The molecule has 0 unspecified atom stereocenters. The Morgan fingerprint density at radius 3 is 1.83 bits per heavy atom. The Morgan fingerprint density at radius 2 is 1.07 bits per heavy atom. The number of rotatable bonds is 8. The third kappa shape index (κ3) is 5.95. The van der Waals surface area contributed by atoms with Crippen LogP contribution in [0, 0.1) is 0 Å². The summed E-state index contributed by atoms with van der Waals surface area (Å²) in [6, 6.07) is 88.5. The van der Waals surface area contributed by atoms with Gasteiger partial charge >= 0.3 is 0 Å². The molecule has 1 N–H and O–H groups in total. The first-order valence-corrected chi connectivity index (χ1v) is 24.0. The molecule has 11 aromatic carbocycles. The molecule has 3 heteroatoms. The van der Waals surface area contributed by atoms with Crippen LogP contribution < -0.4 is 10.2 Å². The van der Waals surface area contributed by atoms with Gasteiger partial charge in [0.25, 0.3) is 0 Å². The SMILES string of the molecule is C=Cc1ccc2c(c1)C(c1ccccc1)(c1ccccc1)c1cc(N(c3ccccc3)c3ccc(-c4ccccc4)cc3-c3ccc4c(c3)oc3c5cccc6c5c(cc43)-c3ccccc3N6)ccc1-2. The monoisotopic (exact) mass is 892 g/mol. The first-order chi connectivity index (χ1) is 34.7. The maximum absolute atomic E-state index is 7.04. The molecule has 0 saturated carbocycles. The third-order valence-corrected chi connectivity index (χ3v) is 14.8. The van der Waals surface area contributed by atoms with Gasteiger partial charge in [0.15, 0.2) is 0 Å². The van der Waals surface area contributed by atoms with Crippen molar-refractivity contribution in [2.45, 2.75) is 5.41 Å². The molecule has 0 bridgehead atoms. The summed E-state index contributed by atoms with van der Waals surface area (Å²) < 4.78 is 7.04. The highest BCUT2D eigenvalue weighted by atomic mass is 16.3. The molecule has 1 aliphatic carbocycles. The Bertz CT molecular complexity index is 4000. The lowest BCUT2D eigenvalue weighted by atomic mass is 9.67. The predicted octanol–water partition coefficient (Wildman–Crippen LogP) is 18.3. The van der Waals surface area contributed by atoms with Gasteiger partial charge in [0.1, 0.15) is 11.2 Å². The van der Waals surface area contributed by atoms with Crippen LogP contribution in [0.5, 0.6) is 0 Å². The van der Waals surface area contributed by atoms with Crippen LogP contribution in [-0.2, 0) is 5.41 Å². The van der Waals surface area contributed by atoms with Crippen molar-refractivity contribution < 1.29 is 4.42 Å². The molecule has 0 spiro atoms. The lowest BCUT2D eigenvalue weighted by Gasteiger charge is -2.35. The molecule has 1 aromatic heterocycles. The molecule has 2 heterocycles. The standard InChI is InChI=1S/C67H44N2O/c1-2-43-30-34-51-52-36-33-50(41-60(52)67(59(51)38-43,47-20-9-4-10-21-47)48-22-11-5-12-23-48)69(49-24-13-6-14-25-49)63-37-32-45(44-18-7-3-8-19-44)39-56(63)46-31-35-54-58-42-57-53-26-15-16-28-61(53)68-62-29-17-27-55(65(57)62)66(58)70-64(54)40-46/h2-42,68H,1H2. The number of nitrogens with one attached hydrogen (secondary N) is 1. The first kappa shape index (κ1) is 39.9. The van der Waals surface area contributed by atoms with Crippen molar-refractivity contribution in [3.05, 3.63) is 277 Å². The van der Waals surface area contributed by atoms with Crippen LogP contribution in [0.4, 0.5) is 28.4 Å². The fourth-order valence-corrected chi connectivity index (χ4v) is 11.7. The molecule has 70 heavy (non-hydrogen) atoms. The van der Waals surface area contributed by atoms with Crippen LogP contribution in [-0.4, -0.2) is 0 Å². The Hall–Kier alpha value is -9.18. The predicted molar refractivity (Wildman–Crippen MR) is 293 cm³/mol. The molecule has 0 fully saturated rings. The van der Waals surface area contributed by atoms with Crippen molar-refractivity contribution in [2.75, 3.05) is 10.2 Å². The number of hydrogen-bond acceptors (Lipinski definition) is 3. The van der Waals surface area contributed by atoms with E-state index in [-0.39, 0.29) is 0 Å². The average Bonchev–Trinajstić information content (AvgIpc) is 3.95. The zero-order valence-corrected chi connectivity index (χ0v) is 38.2. The van der Waals surface area contributed by atoms with E-state index >= 15 is 0 Å². The molecule has 0 amide bonds. The van der Waals surface area contributed by atoms with Crippen molar-refractivity contribution in [3.8, 4) is 44.5 Å². The Labute approximate surface area is 406 Å². The fraction of sp³-hybridized carbons (Fsp3) is 0.0149. The number of nitrogens with zero attached hydrogens (tertiary/aromatic N) is 1. The minimum atomic E-state index is -0.598. The van der Waals surface area contributed by atoms with Gasteiger partial charge in [-0.05, 0) is 134 Å². The van der Waals surface area contributed by atoms with E-state index in [4.69, 9.17) is 4.42 Å². The topological polar surface area (TPSA) is 28.4 Å². The molecular weight excluding hydrogens is 849 g/mol. The van der Waals surface area contributed by atoms with Gasteiger partial charge in [-0.25, -0.2) is 0 Å². The molecule has 1 aliphatic heterocycles. The van der Waals surface area contributed by atoms with Crippen LogP contribution in [0.15, 0.2) is 254 Å². The summed E-state index contributed by atoms with van der Waals surface area (Å²) in [5, 5.41) is 8.19. The number of para-hydroxylation sites is 2. The lowest BCUT2D eigenvalue weighted by Crippen LogP contribution is -2.29. The Balaban J connectivity index is 1.01. The minimum Gasteiger partial charge on any atom is -0.455 e. The summed E-state index contributed by atoms with van der Waals surface area (Å²) in [4.78, 5) is 2.44. The summed E-state index contributed by atoms with van der Waals surface area (Å²) in [6.07, 6.45) is 1.96.